The predicted octanol–water partition coefficient (Wildman–Crippen LogP) is 0.679. The number of hydrogen-bond acceptors (Lipinski definition) is 4. The second kappa shape index (κ2) is 5.61. The van der Waals surface area contributed by atoms with E-state index >= 15 is 0 Å². The number of rotatable bonds is 5. The summed E-state index contributed by atoms with van der Waals surface area (Å²) < 4.78 is 15.6. The van der Waals surface area contributed by atoms with Crippen LogP contribution < -0.4 is 5.32 Å². The van der Waals surface area contributed by atoms with E-state index in [1.165, 1.54) is 0 Å². The summed E-state index contributed by atoms with van der Waals surface area (Å²) in [6, 6.07) is -0.205. The predicted molar refractivity (Wildman–Crippen MR) is 59.0 cm³/mol. The number of hydrogen-bond donors (Lipinski definition) is 1. The maximum absolute atomic E-state index is 12.0. The van der Waals surface area contributed by atoms with Crippen molar-refractivity contribution >= 4 is 5.91 Å². The molecule has 1 N–H and O–H groups in total. The summed E-state index contributed by atoms with van der Waals surface area (Å²) in [5, 5.41) is 2.85. The Morgan fingerprint density at radius 1 is 1.44 bits per heavy atom. The van der Waals surface area contributed by atoms with E-state index < -0.39 is 11.9 Å². The van der Waals surface area contributed by atoms with Gasteiger partial charge in [0.15, 0.2) is 6.29 Å². The largest absolute Gasteiger partial charge is 0.365 e. The Kier molecular flexibility index (Phi) is 4.70. The van der Waals surface area contributed by atoms with Crippen molar-refractivity contribution in [2.45, 2.75) is 44.6 Å². The SMILES string of the molecule is COC(OC)C(C)NC(=O)C1(C)CCCO1. The molecule has 1 aliphatic heterocycles. The molecule has 1 aliphatic rings. The lowest BCUT2D eigenvalue weighted by Crippen LogP contribution is -2.51. The monoisotopic (exact) mass is 231 g/mol. The minimum Gasteiger partial charge on any atom is -0.365 e. The molecule has 0 radical (unpaired) electrons. The van der Waals surface area contributed by atoms with Gasteiger partial charge in [-0.2, -0.15) is 0 Å². The number of amides is 1. The second-order valence-electron chi connectivity index (χ2n) is 4.28. The van der Waals surface area contributed by atoms with Gasteiger partial charge in [-0.15, -0.1) is 0 Å². The Morgan fingerprint density at radius 2 is 2.06 bits per heavy atom. The molecule has 0 saturated carbocycles. The lowest BCUT2D eigenvalue weighted by Gasteiger charge is -2.27. The standard InChI is InChI=1S/C11H21NO4/c1-8(9(14-3)15-4)12-10(13)11(2)6-5-7-16-11/h8-9H,5-7H2,1-4H3,(H,12,13). The van der Waals surface area contributed by atoms with E-state index in [0.717, 1.165) is 12.8 Å². The van der Waals surface area contributed by atoms with Gasteiger partial charge < -0.3 is 19.5 Å². The van der Waals surface area contributed by atoms with Crippen molar-refractivity contribution in [3.63, 3.8) is 0 Å². The molecule has 0 aliphatic carbocycles. The van der Waals surface area contributed by atoms with Crippen LogP contribution >= 0.6 is 0 Å². The second-order valence-corrected chi connectivity index (χ2v) is 4.28. The first-order valence-corrected chi connectivity index (χ1v) is 5.54. The van der Waals surface area contributed by atoms with Crippen molar-refractivity contribution in [1.82, 2.24) is 5.32 Å². The van der Waals surface area contributed by atoms with E-state index in [1.807, 2.05) is 13.8 Å². The summed E-state index contributed by atoms with van der Waals surface area (Å²) in [4.78, 5) is 12.0. The Labute approximate surface area is 96.4 Å². The van der Waals surface area contributed by atoms with E-state index in [1.54, 1.807) is 14.2 Å². The molecule has 1 saturated heterocycles. The normalized spacial score (nSPS) is 27.1. The zero-order valence-electron chi connectivity index (χ0n) is 10.4. The molecule has 1 rings (SSSR count). The van der Waals surface area contributed by atoms with Crippen LogP contribution in [0.5, 0.6) is 0 Å². The minimum absolute atomic E-state index is 0.100. The first kappa shape index (κ1) is 13.4. The first-order chi connectivity index (χ1) is 7.53. The van der Waals surface area contributed by atoms with Crippen LogP contribution in [0.4, 0.5) is 0 Å². The average molecular weight is 231 g/mol. The Morgan fingerprint density at radius 3 is 2.50 bits per heavy atom. The fraction of sp³-hybridized carbons (Fsp3) is 0.909. The molecule has 2 unspecified atom stereocenters. The van der Waals surface area contributed by atoms with Gasteiger partial charge in [0.2, 0.25) is 0 Å². The third kappa shape index (κ3) is 2.93. The summed E-state index contributed by atoms with van der Waals surface area (Å²) in [6.07, 6.45) is 1.25. The van der Waals surface area contributed by atoms with Crippen LogP contribution in [0.3, 0.4) is 0 Å². The van der Waals surface area contributed by atoms with E-state index in [9.17, 15) is 4.79 Å². The number of nitrogens with one attached hydrogen (secondary N) is 1. The fourth-order valence-corrected chi connectivity index (χ4v) is 1.89. The maximum Gasteiger partial charge on any atom is 0.252 e. The highest BCUT2D eigenvalue weighted by molar-refractivity contribution is 5.85. The van der Waals surface area contributed by atoms with Gasteiger partial charge in [-0.3, -0.25) is 4.79 Å². The quantitative estimate of drug-likeness (QED) is 0.707. The van der Waals surface area contributed by atoms with Crippen LogP contribution in [0, 0.1) is 0 Å². The molecule has 1 heterocycles. The lowest BCUT2D eigenvalue weighted by molar-refractivity contribution is -0.149. The van der Waals surface area contributed by atoms with Gasteiger partial charge in [-0.05, 0) is 26.7 Å². The van der Waals surface area contributed by atoms with Crippen LogP contribution in [0.2, 0.25) is 0 Å². The molecule has 0 bridgehead atoms. The van der Waals surface area contributed by atoms with Crippen LogP contribution in [-0.2, 0) is 19.0 Å². The highest BCUT2D eigenvalue weighted by Gasteiger charge is 2.38. The first-order valence-electron chi connectivity index (χ1n) is 5.54. The molecule has 5 heteroatoms. The number of carbonyl (C=O) groups is 1. The van der Waals surface area contributed by atoms with Gasteiger partial charge in [0.05, 0.1) is 6.04 Å². The summed E-state index contributed by atoms with van der Waals surface area (Å²) in [5.74, 6) is -0.100. The van der Waals surface area contributed by atoms with E-state index in [4.69, 9.17) is 14.2 Å². The smallest absolute Gasteiger partial charge is 0.252 e. The van der Waals surface area contributed by atoms with Crippen LogP contribution in [0.1, 0.15) is 26.7 Å². The topological polar surface area (TPSA) is 56.8 Å². The van der Waals surface area contributed by atoms with Crippen molar-refractivity contribution in [3.8, 4) is 0 Å². The molecular weight excluding hydrogens is 210 g/mol. The molecule has 0 spiro atoms. The van der Waals surface area contributed by atoms with Gasteiger partial charge in [0.1, 0.15) is 5.60 Å². The maximum atomic E-state index is 12.0. The summed E-state index contributed by atoms with van der Waals surface area (Å²) in [5.41, 5.74) is -0.694. The van der Waals surface area contributed by atoms with Gasteiger partial charge in [-0.1, -0.05) is 0 Å². The Balaban J connectivity index is 2.50. The molecule has 2 atom stereocenters. The van der Waals surface area contributed by atoms with Crippen molar-refractivity contribution in [3.05, 3.63) is 0 Å². The molecule has 1 amide bonds. The fourth-order valence-electron chi connectivity index (χ4n) is 1.89. The van der Waals surface area contributed by atoms with E-state index in [0.29, 0.717) is 6.61 Å². The lowest BCUT2D eigenvalue weighted by atomic mass is 10.0. The van der Waals surface area contributed by atoms with Crippen molar-refractivity contribution in [1.29, 1.82) is 0 Å². The summed E-state index contributed by atoms with van der Waals surface area (Å²) in [7, 11) is 3.09. The molecule has 0 aromatic carbocycles. The number of carbonyl (C=O) groups excluding carboxylic acids is 1. The van der Waals surface area contributed by atoms with Gasteiger partial charge >= 0.3 is 0 Å². The zero-order valence-corrected chi connectivity index (χ0v) is 10.4. The van der Waals surface area contributed by atoms with Crippen molar-refractivity contribution < 1.29 is 19.0 Å². The van der Waals surface area contributed by atoms with Crippen LogP contribution in [0.15, 0.2) is 0 Å². The molecule has 16 heavy (non-hydrogen) atoms. The van der Waals surface area contributed by atoms with Crippen LogP contribution in [-0.4, -0.2) is 44.7 Å². The third-order valence-corrected chi connectivity index (χ3v) is 2.93. The molecule has 1 fully saturated rings. The summed E-state index contributed by atoms with van der Waals surface area (Å²) in [6.45, 7) is 4.31. The zero-order chi connectivity index (χ0) is 12.2. The van der Waals surface area contributed by atoms with Crippen molar-refractivity contribution in [2.75, 3.05) is 20.8 Å². The minimum atomic E-state index is -0.694. The van der Waals surface area contributed by atoms with Crippen molar-refractivity contribution in [2.24, 2.45) is 0 Å². The van der Waals surface area contributed by atoms with Gasteiger partial charge in [-0.25, -0.2) is 0 Å². The molecule has 94 valence electrons. The highest BCUT2D eigenvalue weighted by atomic mass is 16.7. The van der Waals surface area contributed by atoms with Gasteiger partial charge in [0.25, 0.3) is 5.91 Å². The molecule has 5 nitrogen and oxygen atoms in total. The third-order valence-electron chi connectivity index (χ3n) is 2.93. The molecule has 0 aromatic rings. The summed E-state index contributed by atoms with van der Waals surface area (Å²) >= 11 is 0. The highest BCUT2D eigenvalue weighted by Crippen LogP contribution is 2.25. The van der Waals surface area contributed by atoms with E-state index in [2.05, 4.69) is 5.32 Å². The molecule has 0 aromatic heterocycles. The number of methoxy groups -OCH3 is 2. The Hall–Kier alpha value is -0.650. The number of ether oxygens (including phenoxy) is 3. The van der Waals surface area contributed by atoms with Gasteiger partial charge in [0, 0.05) is 20.8 Å². The van der Waals surface area contributed by atoms with E-state index in [-0.39, 0.29) is 11.9 Å². The van der Waals surface area contributed by atoms with Crippen LogP contribution in [0.25, 0.3) is 0 Å². The Bertz CT molecular complexity index is 234. The average Bonchev–Trinajstić information content (AvgIpc) is 2.68. The molecular formula is C11H21NO4.